The second kappa shape index (κ2) is 9.89. The van der Waals surface area contributed by atoms with E-state index in [-0.39, 0.29) is 6.10 Å². The molecule has 1 N–H and O–H groups in total. The number of aromatic nitrogens is 4. The van der Waals surface area contributed by atoms with Crippen molar-refractivity contribution in [3.05, 3.63) is 55.0 Å². The van der Waals surface area contributed by atoms with E-state index in [1.807, 2.05) is 37.5 Å². The first kappa shape index (κ1) is 23.1. The van der Waals surface area contributed by atoms with Crippen LogP contribution in [0.4, 0.5) is 11.4 Å². The number of methoxy groups -OCH3 is 2. The highest BCUT2D eigenvalue weighted by atomic mass is 16.5. The van der Waals surface area contributed by atoms with Crippen molar-refractivity contribution in [3.63, 3.8) is 0 Å². The highest BCUT2D eigenvalue weighted by Crippen LogP contribution is 2.34. The summed E-state index contributed by atoms with van der Waals surface area (Å²) in [6.45, 7) is 3.14. The van der Waals surface area contributed by atoms with E-state index in [2.05, 4.69) is 32.0 Å². The molecular formula is C26H30N6O3. The van der Waals surface area contributed by atoms with Gasteiger partial charge in [-0.25, -0.2) is 4.98 Å². The van der Waals surface area contributed by atoms with Crippen molar-refractivity contribution in [1.82, 2.24) is 24.6 Å². The maximum Gasteiger partial charge on any atom is 0.124 e. The van der Waals surface area contributed by atoms with Crippen molar-refractivity contribution in [2.75, 3.05) is 45.3 Å². The minimum atomic E-state index is -0.248. The molecular weight excluding hydrogens is 444 g/mol. The first-order valence-corrected chi connectivity index (χ1v) is 11.7. The number of hydrogen-bond acceptors (Lipinski definition) is 8. The minimum Gasteiger partial charge on any atom is -0.497 e. The molecule has 9 nitrogen and oxygen atoms in total. The topological polar surface area (TPSA) is 88.8 Å². The lowest BCUT2D eigenvalue weighted by molar-refractivity contribution is 0.177. The van der Waals surface area contributed by atoms with Crippen molar-refractivity contribution in [2.24, 2.45) is 7.05 Å². The molecule has 5 rings (SSSR count). The standard InChI is InChI=1S/C26H30N6O3/c1-30-16-18(14-28-30)26-15-27-24-5-4-19(12-25(24)29-26)32(9-8-31-7-6-21(33)17-31)20-10-22(34-2)13-23(11-20)35-3/h4-5,10-16,21,33H,6-9,17H2,1-3H3. The Labute approximate surface area is 204 Å². The third kappa shape index (κ3) is 5.06. The minimum absolute atomic E-state index is 0.248. The summed E-state index contributed by atoms with van der Waals surface area (Å²) in [5.74, 6) is 1.45. The van der Waals surface area contributed by atoms with Crippen LogP contribution in [0.25, 0.3) is 22.3 Å². The number of hydrogen-bond donors (Lipinski definition) is 1. The Morgan fingerprint density at radius 3 is 2.49 bits per heavy atom. The zero-order valence-electron chi connectivity index (χ0n) is 20.3. The van der Waals surface area contributed by atoms with Crippen LogP contribution in [0.3, 0.4) is 0 Å². The van der Waals surface area contributed by atoms with Crippen LogP contribution >= 0.6 is 0 Å². The summed E-state index contributed by atoms with van der Waals surface area (Å²) >= 11 is 0. The molecule has 9 heteroatoms. The van der Waals surface area contributed by atoms with Crippen molar-refractivity contribution < 1.29 is 14.6 Å². The molecule has 1 aliphatic heterocycles. The number of likely N-dealkylation sites (tertiary alicyclic amines) is 1. The number of aliphatic hydroxyl groups excluding tert-OH is 1. The maximum atomic E-state index is 9.97. The monoisotopic (exact) mass is 474 g/mol. The number of benzene rings is 2. The highest BCUT2D eigenvalue weighted by molar-refractivity contribution is 5.82. The SMILES string of the molecule is COc1cc(OC)cc(N(CCN2CCC(O)C2)c2ccc3ncc(-c4cnn(C)c4)nc3c2)c1. The van der Waals surface area contributed by atoms with Gasteiger partial charge in [0.2, 0.25) is 0 Å². The van der Waals surface area contributed by atoms with E-state index in [0.717, 1.165) is 71.2 Å². The second-order valence-corrected chi connectivity index (χ2v) is 8.80. The fourth-order valence-corrected chi connectivity index (χ4v) is 4.47. The van der Waals surface area contributed by atoms with Gasteiger partial charge >= 0.3 is 0 Å². The quantitative estimate of drug-likeness (QED) is 0.416. The number of nitrogens with zero attached hydrogens (tertiary/aromatic N) is 6. The van der Waals surface area contributed by atoms with E-state index in [1.54, 1.807) is 31.3 Å². The summed E-state index contributed by atoms with van der Waals surface area (Å²) in [5, 5.41) is 14.2. The summed E-state index contributed by atoms with van der Waals surface area (Å²) in [6.07, 6.45) is 6.07. The van der Waals surface area contributed by atoms with E-state index in [1.165, 1.54) is 0 Å². The van der Waals surface area contributed by atoms with E-state index < -0.39 is 0 Å². The first-order chi connectivity index (χ1) is 17.0. The molecule has 2 aromatic heterocycles. The molecule has 2 aromatic carbocycles. The molecule has 1 aliphatic rings. The number of β-amino-alcohol motifs (C(OH)–C–C–N with tert-alkyl or cyclic N) is 1. The molecule has 3 heterocycles. The smallest absolute Gasteiger partial charge is 0.124 e. The Kier molecular flexibility index (Phi) is 6.52. The van der Waals surface area contributed by atoms with Gasteiger partial charge in [-0.15, -0.1) is 0 Å². The molecule has 182 valence electrons. The van der Waals surface area contributed by atoms with Gasteiger partial charge in [0.05, 0.1) is 49.4 Å². The summed E-state index contributed by atoms with van der Waals surface area (Å²) in [6, 6.07) is 12.0. The van der Waals surface area contributed by atoms with Crippen LogP contribution in [-0.4, -0.2) is 76.3 Å². The highest BCUT2D eigenvalue weighted by Gasteiger charge is 2.22. The van der Waals surface area contributed by atoms with Crippen LogP contribution < -0.4 is 14.4 Å². The molecule has 0 amide bonds. The third-order valence-corrected chi connectivity index (χ3v) is 6.37. The van der Waals surface area contributed by atoms with Crippen LogP contribution in [0.15, 0.2) is 55.0 Å². The predicted molar refractivity (Wildman–Crippen MR) is 135 cm³/mol. The maximum absolute atomic E-state index is 9.97. The Balaban J connectivity index is 1.53. The third-order valence-electron chi connectivity index (χ3n) is 6.37. The number of ether oxygens (including phenoxy) is 2. The number of aliphatic hydroxyl groups is 1. The number of fused-ring (bicyclic) bond motifs is 1. The molecule has 1 atom stereocenters. The fourth-order valence-electron chi connectivity index (χ4n) is 4.47. The summed E-state index contributed by atoms with van der Waals surface area (Å²) in [7, 11) is 5.19. The van der Waals surface area contributed by atoms with Crippen LogP contribution in [0.1, 0.15) is 6.42 Å². The molecule has 1 unspecified atom stereocenters. The lowest BCUT2D eigenvalue weighted by Gasteiger charge is -2.28. The second-order valence-electron chi connectivity index (χ2n) is 8.80. The number of aryl methyl sites for hydroxylation is 1. The number of anilines is 2. The molecule has 0 saturated carbocycles. The summed E-state index contributed by atoms with van der Waals surface area (Å²) < 4.78 is 12.8. The van der Waals surface area contributed by atoms with Crippen LogP contribution in [0.5, 0.6) is 11.5 Å². The van der Waals surface area contributed by atoms with Gasteiger partial charge in [0.1, 0.15) is 11.5 Å². The molecule has 0 aliphatic carbocycles. The van der Waals surface area contributed by atoms with E-state index >= 15 is 0 Å². The van der Waals surface area contributed by atoms with E-state index in [9.17, 15) is 5.11 Å². The Morgan fingerprint density at radius 2 is 1.83 bits per heavy atom. The molecule has 0 radical (unpaired) electrons. The molecule has 0 bridgehead atoms. The van der Waals surface area contributed by atoms with Gasteiger partial charge in [-0.1, -0.05) is 0 Å². The molecule has 1 fully saturated rings. The Bertz CT molecular complexity index is 1300. The molecule has 4 aromatic rings. The average Bonchev–Trinajstić information content (AvgIpc) is 3.51. The predicted octanol–water partition coefficient (Wildman–Crippen LogP) is 3.25. The zero-order valence-corrected chi connectivity index (χ0v) is 20.3. The van der Waals surface area contributed by atoms with Crippen LogP contribution in [0, 0.1) is 0 Å². The molecule has 35 heavy (non-hydrogen) atoms. The Morgan fingerprint density at radius 1 is 1.03 bits per heavy atom. The molecule has 0 spiro atoms. The van der Waals surface area contributed by atoms with Gasteiger partial charge in [-0.2, -0.15) is 5.10 Å². The largest absolute Gasteiger partial charge is 0.497 e. The summed E-state index contributed by atoms with van der Waals surface area (Å²) in [4.78, 5) is 14.0. The van der Waals surface area contributed by atoms with E-state index in [0.29, 0.717) is 6.54 Å². The first-order valence-electron chi connectivity index (χ1n) is 11.7. The normalized spacial score (nSPS) is 16.1. The van der Waals surface area contributed by atoms with Crippen molar-refractivity contribution in [3.8, 4) is 22.8 Å². The van der Waals surface area contributed by atoms with Gasteiger partial charge in [-0.05, 0) is 24.6 Å². The van der Waals surface area contributed by atoms with Gasteiger partial charge < -0.3 is 19.5 Å². The fraction of sp³-hybridized carbons (Fsp3) is 0.346. The van der Waals surface area contributed by atoms with Gasteiger partial charge in [0.15, 0.2) is 0 Å². The van der Waals surface area contributed by atoms with E-state index in [4.69, 9.17) is 14.5 Å². The summed E-state index contributed by atoms with van der Waals surface area (Å²) in [5.41, 5.74) is 5.28. The van der Waals surface area contributed by atoms with Crippen LogP contribution in [0.2, 0.25) is 0 Å². The Hall–Kier alpha value is -3.69. The lowest BCUT2D eigenvalue weighted by Crippen LogP contribution is -2.32. The zero-order chi connectivity index (χ0) is 24.4. The van der Waals surface area contributed by atoms with Crippen molar-refractivity contribution in [1.29, 1.82) is 0 Å². The lowest BCUT2D eigenvalue weighted by atomic mass is 10.2. The van der Waals surface area contributed by atoms with Crippen molar-refractivity contribution in [2.45, 2.75) is 12.5 Å². The van der Waals surface area contributed by atoms with Gasteiger partial charge in [0, 0.05) is 74.6 Å². The number of rotatable bonds is 8. The average molecular weight is 475 g/mol. The van der Waals surface area contributed by atoms with Crippen LogP contribution in [-0.2, 0) is 7.05 Å². The van der Waals surface area contributed by atoms with Gasteiger partial charge in [-0.3, -0.25) is 14.6 Å². The molecule has 1 saturated heterocycles. The van der Waals surface area contributed by atoms with Crippen molar-refractivity contribution >= 4 is 22.4 Å². The van der Waals surface area contributed by atoms with Gasteiger partial charge in [0.25, 0.3) is 0 Å².